The number of nitrogens with one attached hydrogen (secondary N) is 1. The van der Waals surface area contributed by atoms with Crippen molar-refractivity contribution in [1.29, 1.82) is 0 Å². The topological polar surface area (TPSA) is 78.9 Å². The van der Waals surface area contributed by atoms with Gasteiger partial charge in [-0.1, -0.05) is 0 Å². The van der Waals surface area contributed by atoms with Crippen LogP contribution in [0.1, 0.15) is 11.1 Å². The molecule has 2 heterocycles. The van der Waals surface area contributed by atoms with E-state index < -0.39 is 0 Å². The average molecular weight is 386 g/mol. The minimum absolute atomic E-state index is 0.0114. The maximum absolute atomic E-state index is 12.6. The molecule has 0 spiro atoms. The molecule has 1 aliphatic rings. The predicted molar refractivity (Wildman–Crippen MR) is 104 cm³/mol. The van der Waals surface area contributed by atoms with Crippen molar-refractivity contribution in [3.8, 4) is 17.2 Å². The molecular formula is C21H26N2O5. The fraction of sp³-hybridized carbons (Fsp3) is 0.429. The Labute approximate surface area is 165 Å². The summed E-state index contributed by atoms with van der Waals surface area (Å²) in [5.74, 6) is 1.75. The normalized spacial score (nSPS) is 18.5. The van der Waals surface area contributed by atoms with Gasteiger partial charge in [-0.15, -0.1) is 0 Å². The number of carbonyl (C=O) groups excluding carboxylic acids is 1. The second-order valence-electron chi connectivity index (χ2n) is 6.74. The lowest BCUT2D eigenvalue weighted by molar-refractivity contribution is -0.121. The van der Waals surface area contributed by atoms with E-state index in [2.05, 4.69) is 10.3 Å². The summed E-state index contributed by atoms with van der Waals surface area (Å²) < 4.78 is 21.6. The number of aromatic nitrogens is 1. The highest BCUT2D eigenvalue weighted by Crippen LogP contribution is 2.38. The van der Waals surface area contributed by atoms with Gasteiger partial charge in [0.15, 0.2) is 11.5 Å². The average Bonchev–Trinajstić information content (AvgIpc) is 3.14. The van der Waals surface area contributed by atoms with Gasteiger partial charge in [-0.3, -0.25) is 9.78 Å². The highest BCUT2D eigenvalue weighted by atomic mass is 16.5. The summed E-state index contributed by atoms with van der Waals surface area (Å²) in [5.41, 5.74) is 1.98. The maximum Gasteiger partial charge on any atom is 0.224 e. The Morgan fingerprint density at radius 1 is 1.07 bits per heavy atom. The molecule has 28 heavy (non-hydrogen) atoms. The molecule has 1 aromatic carbocycles. The van der Waals surface area contributed by atoms with E-state index in [0.29, 0.717) is 30.5 Å². The molecule has 1 amide bonds. The first-order valence-corrected chi connectivity index (χ1v) is 9.19. The van der Waals surface area contributed by atoms with E-state index in [0.717, 1.165) is 12.0 Å². The third-order valence-corrected chi connectivity index (χ3v) is 4.88. The Balaban J connectivity index is 1.65. The summed E-state index contributed by atoms with van der Waals surface area (Å²) in [7, 11) is 4.66. The van der Waals surface area contributed by atoms with Crippen molar-refractivity contribution < 1.29 is 23.7 Å². The van der Waals surface area contributed by atoms with Gasteiger partial charge >= 0.3 is 0 Å². The van der Waals surface area contributed by atoms with E-state index in [-0.39, 0.29) is 24.3 Å². The van der Waals surface area contributed by atoms with Crippen LogP contribution in [-0.4, -0.2) is 51.5 Å². The van der Waals surface area contributed by atoms with E-state index in [4.69, 9.17) is 18.9 Å². The monoisotopic (exact) mass is 386 g/mol. The van der Waals surface area contributed by atoms with Crippen molar-refractivity contribution in [3.05, 3.63) is 47.8 Å². The zero-order valence-corrected chi connectivity index (χ0v) is 16.4. The molecule has 1 saturated heterocycles. The van der Waals surface area contributed by atoms with E-state index in [1.807, 2.05) is 12.1 Å². The van der Waals surface area contributed by atoms with Crippen LogP contribution < -0.4 is 19.5 Å². The first-order valence-electron chi connectivity index (χ1n) is 9.19. The van der Waals surface area contributed by atoms with Crippen LogP contribution in [0, 0.1) is 5.92 Å². The Kier molecular flexibility index (Phi) is 6.71. The second kappa shape index (κ2) is 9.41. The minimum atomic E-state index is -0.0653. The molecule has 2 aromatic rings. The summed E-state index contributed by atoms with van der Waals surface area (Å²) in [4.78, 5) is 16.7. The lowest BCUT2D eigenvalue weighted by Gasteiger charge is -2.19. The van der Waals surface area contributed by atoms with E-state index in [1.165, 1.54) is 5.56 Å². The second-order valence-corrected chi connectivity index (χ2v) is 6.74. The fourth-order valence-electron chi connectivity index (χ4n) is 3.46. The number of pyridine rings is 1. The van der Waals surface area contributed by atoms with Crippen LogP contribution in [0.25, 0.3) is 0 Å². The molecule has 0 saturated carbocycles. The van der Waals surface area contributed by atoms with Gasteiger partial charge in [0.05, 0.1) is 47.0 Å². The molecule has 3 rings (SSSR count). The fourth-order valence-corrected chi connectivity index (χ4v) is 3.46. The molecule has 1 N–H and O–H groups in total. The highest BCUT2D eigenvalue weighted by Gasteiger charge is 2.29. The van der Waals surface area contributed by atoms with Gasteiger partial charge in [0.25, 0.3) is 0 Å². The number of methoxy groups -OCH3 is 3. The van der Waals surface area contributed by atoms with Crippen molar-refractivity contribution in [3.63, 3.8) is 0 Å². The Morgan fingerprint density at radius 3 is 2.36 bits per heavy atom. The van der Waals surface area contributed by atoms with Crippen molar-refractivity contribution >= 4 is 5.91 Å². The van der Waals surface area contributed by atoms with Crippen LogP contribution in [0.4, 0.5) is 0 Å². The number of nitrogens with zero attached hydrogens (tertiary/aromatic N) is 1. The third kappa shape index (κ3) is 4.72. The van der Waals surface area contributed by atoms with Crippen molar-refractivity contribution in [2.45, 2.75) is 18.9 Å². The maximum atomic E-state index is 12.6. The lowest BCUT2D eigenvalue weighted by atomic mass is 9.95. The van der Waals surface area contributed by atoms with Crippen LogP contribution in [0.2, 0.25) is 0 Å². The first kappa shape index (κ1) is 19.9. The minimum Gasteiger partial charge on any atom is -0.493 e. The number of amides is 1. The van der Waals surface area contributed by atoms with Gasteiger partial charge in [0.1, 0.15) is 0 Å². The van der Waals surface area contributed by atoms with E-state index in [1.54, 1.807) is 45.9 Å². The molecule has 0 aliphatic carbocycles. The predicted octanol–water partition coefficient (Wildman–Crippen LogP) is 2.02. The van der Waals surface area contributed by atoms with Crippen molar-refractivity contribution in [2.75, 3.05) is 34.5 Å². The molecule has 7 heteroatoms. The summed E-state index contributed by atoms with van der Waals surface area (Å²) in [6.45, 7) is 1.16. The lowest BCUT2D eigenvalue weighted by Crippen LogP contribution is -2.41. The van der Waals surface area contributed by atoms with Gasteiger partial charge in [-0.25, -0.2) is 0 Å². The van der Waals surface area contributed by atoms with Crippen LogP contribution in [0.3, 0.4) is 0 Å². The first-order chi connectivity index (χ1) is 13.6. The molecule has 0 unspecified atom stereocenters. The van der Waals surface area contributed by atoms with Gasteiger partial charge in [-0.2, -0.15) is 0 Å². The summed E-state index contributed by atoms with van der Waals surface area (Å²) in [6.07, 6.45) is 4.62. The number of carbonyl (C=O) groups is 1. The number of ether oxygens (including phenoxy) is 4. The zero-order chi connectivity index (χ0) is 19.9. The molecule has 0 bridgehead atoms. The van der Waals surface area contributed by atoms with Gasteiger partial charge in [0, 0.05) is 18.3 Å². The van der Waals surface area contributed by atoms with E-state index >= 15 is 0 Å². The molecule has 2 atom stereocenters. The third-order valence-electron chi connectivity index (χ3n) is 4.88. The molecular weight excluding hydrogens is 360 g/mol. The zero-order valence-electron chi connectivity index (χ0n) is 16.4. The number of benzene rings is 1. The van der Waals surface area contributed by atoms with E-state index in [9.17, 15) is 4.79 Å². The molecule has 150 valence electrons. The van der Waals surface area contributed by atoms with Gasteiger partial charge < -0.3 is 24.3 Å². The van der Waals surface area contributed by atoms with Crippen LogP contribution >= 0.6 is 0 Å². The van der Waals surface area contributed by atoms with Crippen LogP contribution in [-0.2, 0) is 22.4 Å². The number of rotatable bonds is 8. The summed E-state index contributed by atoms with van der Waals surface area (Å²) >= 11 is 0. The van der Waals surface area contributed by atoms with Crippen LogP contribution in [0.15, 0.2) is 36.7 Å². The molecule has 1 fully saturated rings. The Hall–Kier alpha value is -2.80. The SMILES string of the molecule is COc1cc(CC(=O)N[C@@H]2COC[C@H]2Cc2ccncc2)cc(OC)c1OC. The molecule has 0 radical (unpaired) electrons. The smallest absolute Gasteiger partial charge is 0.224 e. The largest absolute Gasteiger partial charge is 0.493 e. The number of hydrogen-bond acceptors (Lipinski definition) is 6. The highest BCUT2D eigenvalue weighted by molar-refractivity contribution is 5.79. The van der Waals surface area contributed by atoms with Gasteiger partial charge in [0.2, 0.25) is 11.7 Å². The summed E-state index contributed by atoms with van der Waals surface area (Å²) in [5, 5.41) is 3.11. The summed E-state index contributed by atoms with van der Waals surface area (Å²) in [6, 6.07) is 7.56. The van der Waals surface area contributed by atoms with Crippen molar-refractivity contribution in [1.82, 2.24) is 10.3 Å². The van der Waals surface area contributed by atoms with Crippen LogP contribution in [0.5, 0.6) is 17.2 Å². The molecule has 7 nitrogen and oxygen atoms in total. The molecule has 1 aliphatic heterocycles. The van der Waals surface area contributed by atoms with Gasteiger partial charge in [-0.05, 0) is 41.8 Å². The molecule has 1 aromatic heterocycles. The Bertz CT molecular complexity index is 772. The van der Waals surface area contributed by atoms with Crippen molar-refractivity contribution in [2.24, 2.45) is 5.92 Å². The standard InChI is InChI=1S/C21H26N2O5/c1-25-18-9-15(10-19(26-2)21(18)27-3)11-20(24)23-17-13-28-12-16(17)8-14-4-6-22-7-5-14/h4-7,9-10,16-17H,8,11-13H2,1-3H3,(H,23,24)/t16-,17-/m1/s1. The quantitative estimate of drug-likeness (QED) is 0.748. The number of hydrogen-bond donors (Lipinski definition) is 1. The Morgan fingerprint density at radius 2 is 1.75 bits per heavy atom.